The summed E-state index contributed by atoms with van der Waals surface area (Å²) < 4.78 is 8.67. The zero-order valence-electron chi connectivity index (χ0n) is 14.4. The third-order valence-corrected chi connectivity index (χ3v) is 6.20. The highest BCUT2D eigenvalue weighted by Crippen LogP contribution is 2.36. The number of benzene rings is 3. The molecule has 0 aliphatic heterocycles. The monoisotopic (exact) mass is 627 g/mol. The second-order valence-electron chi connectivity index (χ2n) is 5.87. The van der Waals surface area contributed by atoms with E-state index in [0.717, 1.165) is 29.2 Å². The van der Waals surface area contributed by atoms with Crippen LogP contribution in [0.3, 0.4) is 0 Å². The quantitative estimate of drug-likeness (QED) is 0.162. The molecule has 28 heavy (non-hydrogen) atoms. The van der Waals surface area contributed by atoms with Crippen LogP contribution in [0.25, 0.3) is 11.6 Å². The van der Waals surface area contributed by atoms with E-state index in [0.29, 0.717) is 23.0 Å². The number of halogens is 4. The standard InChI is InChI=1S/C22H13Br2ClINO/c23-19-10-14(9-17(12-27)15-5-7-18(26)8-6-15)11-20(24)22(19)28-13-16-3-1-2-4-21(16)25/h1-11H,13H2/b17-9-. The molecule has 3 aromatic rings. The van der Waals surface area contributed by atoms with E-state index in [1.807, 2.05) is 66.7 Å². The molecular formula is C22H13Br2ClINO. The minimum absolute atomic E-state index is 0.359. The molecule has 0 radical (unpaired) electrons. The second kappa shape index (κ2) is 9.93. The second-order valence-corrected chi connectivity index (χ2v) is 9.23. The lowest BCUT2D eigenvalue weighted by atomic mass is 10.0. The molecule has 0 aliphatic carbocycles. The highest BCUT2D eigenvalue weighted by atomic mass is 127. The Labute approximate surface area is 199 Å². The number of nitrogens with zero attached hydrogens (tertiary/aromatic N) is 1. The molecule has 0 unspecified atom stereocenters. The average Bonchev–Trinajstić information content (AvgIpc) is 2.67. The molecule has 0 fully saturated rings. The summed E-state index contributed by atoms with van der Waals surface area (Å²) in [5.41, 5.74) is 3.28. The van der Waals surface area contributed by atoms with E-state index in [1.165, 1.54) is 0 Å². The van der Waals surface area contributed by atoms with Crippen molar-refractivity contribution in [3.8, 4) is 11.8 Å². The maximum absolute atomic E-state index is 9.56. The van der Waals surface area contributed by atoms with Crippen LogP contribution >= 0.6 is 66.1 Å². The first kappa shape index (κ1) is 21.4. The van der Waals surface area contributed by atoms with Crippen LogP contribution in [0.5, 0.6) is 5.75 Å². The number of nitriles is 1. The lowest BCUT2D eigenvalue weighted by Gasteiger charge is -2.12. The van der Waals surface area contributed by atoms with Crippen LogP contribution in [0.4, 0.5) is 0 Å². The Morgan fingerprint density at radius 3 is 2.32 bits per heavy atom. The number of hydrogen-bond donors (Lipinski definition) is 0. The van der Waals surface area contributed by atoms with Gasteiger partial charge in [-0.05, 0) is 102 Å². The van der Waals surface area contributed by atoms with Crippen LogP contribution in [-0.4, -0.2) is 0 Å². The van der Waals surface area contributed by atoms with Gasteiger partial charge >= 0.3 is 0 Å². The Morgan fingerprint density at radius 1 is 1.07 bits per heavy atom. The largest absolute Gasteiger partial charge is 0.486 e. The van der Waals surface area contributed by atoms with E-state index >= 15 is 0 Å². The number of rotatable bonds is 5. The summed E-state index contributed by atoms with van der Waals surface area (Å²) in [5, 5.41) is 10.2. The Balaban J connectivity index is 1.86. The fourth-order valence-corrected chi connectivity index (χ4v) is 4.54. The highest BCUT2D eigenvalue weighted by molar-refractivity contribution is 14.1. The molecule has 140 valence electrons. The third kappa shape index (κ3) is 5.38. The molecule has 0 atom stereocenters. The van der Waals surface area contributed by atoms with Gasteiger partial charge < -0.3 is 4.74 Å². The zero-order chi connectivity index (χ0) is 20.1. The minimum atomic E-state index is 0.359. The molecule has 0 saturated heterocycles. The predicted octanol–water partition coefficient (Wildman–Crippen LogP) is 8.11. The van der Waals surface area contributed by atoms with Gasteiger partial charge in [0.2, 0.25) is 0 Å². The van der Waals surface area contributed by atoms with Crippen LogP contribution in [0.2, 0.25) is 5.02 Å². The van der Waals surface area contributed by atoms with Crippen LogP contribution in [0.1, 0.15) is 16.7 Å². The lowest BCUT2D eigenvalue weighted by Crippen LogP contribution is -1.98. The van der Waals surface area contributed by atoms with Crippen LogP contribution in [0, 0.1) is 14.9 Å². The topological polar surface area (TPSA) is 33.0 Å². The van der Waals surface area contributed by atoms with Crippen molar-refractivity contribution in [2.45, 2.75) is 6.61 Å². The van der Waals surface area contributed by atoms with Gasteiger partial charge in [0.15, 0.2) is 0 Å². The predicted molar refractivity (Wildman–Crippen MR) is 130 cm³/mol. The molecule has 6 heteroatoms. The first-order valence-electron chi connectivity index (χ1n) is 8.21. The van der Waals surface area contributed by atoms with Gasteiger partial charge in [0.05, 0.1) is 20.6 Å². The van der Waals surface area contributed by atoms with Crippen molar-refractivity contribution >= 4 is 77.7 Å². The first-order valence-corrected chi connectivity index (χ1v) is 11.2. The summed E-state index contributed by atoms with van der Waals surface area (Å²) in [4.78, 5) is 0. The maximum Gasteiger partial charge on any atom is 0.148 e. The molecule has 3 aromatic carbocycles. The molecule has 0 amide bonds. The summed E-state index contributed by atoms with van der Waals surface area (Å²) in [5.74, 6) is 0.685. The van der Waals surface area contributed by atoms with Crippen molar-refractivity contribution in [2.24, 2.45) is 0 Å². The van der Waals surface area contributed by atoms with Crippen molar-refractivity contribution in [1.82, 2.24) is 0 Å². The number of hydrogen-bond acceptors (Lipinski definition) is 2. The Hall–Kier alpha value is -1.33. The van der Waals surface area contributed by atoms with Crippen molar-refractivity contribution in [1.29, 1.82) is 5.26 Å². The average molecular weight is 630 g/mol. The zero-order valence-corrected chi connectivity index (χ0v) is 20.5. The van der Waals surface area contributed by atoms with Crippen molar-refractivity contribution in [3.63, 3.8) is 0 Å². The Kier molecular flexibility index (Phi) is 7.58. The fraction of sp³-hybridized carbons (Fsp3) is 0.0455. The van der Waals surface area contributed by atoms with Crippen molar-refractivity contribution in [3.05, 3.63) is 94.9 Å². The van der Waals surface area contributed by atoms with E-state index in [9.17, 15) is 5.26 Å². The van der Waals surface area contributed by atoms with E-state index < -0.39 is 0 Å². The summed E-state index contributed by atoms with van der Waals surface area (Å²) in [6, 6.07) is 21.6. The molecule has 0 N–H and O–H groups in total. The summed E-state index contributed by atoms with van der Waals surface area (Å²) in [6.07, 6.45) is 1.86. The number of allylic oxidation sites excluding steroid dienone is 1. The van der Waals surface area contributed by atoms with Gasteiger partial charge in [-0.2, -0.15) is 5.26 Å². The highest BCUT2D eigenvalue weighted by Gasteiger charge is 2.11. The molecule has 0 heterocycles. The summed E-state index contributed by atoms with van der Waals surface area (Å²) in [6.45, 7) is 0.359. The fourth-order valence-electron chi connectivity index (χ4n) is 2.54. The number of ether oxygens (including phenoxy) is 1. The molecule has 0 saturated carbocycles. The Bertz CT molecular complexity index is 1050. The van der Waals surface area contributed by atoms with Crippen molar-refractivity contribution in [2.75, 3.05) is 0 Å². The third-order valence-electron chi connectivity index (χ3n) is 3.94. The first-order chi connectivity index (χ1) is 13.5. The summed E-state index contributed by atoms with van der Waals surface area (Å²) in [7, 11) is 0. The van der Waals surface area contributed by atoms with E-state index in [1.54, 1.807) is 0 Å². The molecule has 2 nitrogen and oxygen atoms in total. The maximum atomic E-state index is 9.56. The van der Waals surface area contributed by atoms with E-state index in [-0.39, 0.29) is 0 Å². The Morgan fingerprint density at radius 2 is 1.71 bits per heavy atom. The van der Waals surface area contributed by atoms with Gasteiger partial charge in [0.1, 0.15) is 12.4 Å². The molecule has 3 rings (SSSR count). The van der Waals surface area contributed by atoms with Gasteiger partial charge in [0, 0.05) is 14.2 Å². The molecule has 0 aliphatic rings. The molecule has 0 bridgehead atoms. The van der Waals surface area contributed by atoms with E-state index in [2.05, 4.69) is 60.5 Å². The SMILES string of the molecule is N#C/C(=C/c1cc(Br)c(OCc2ccccc2Cl)c(Br)c1)c1ccc(I)cc1. The normalized spacial score (nSPS) is 11.2. The van der Waals surface area contributed by atoms with Crippen molar-refractivity contribution < 1.29 is 4.74 Å². The van der Waals surface area contributed by atoms with Gasteiger partial charge in [-0.1, -0.05) is 41.9 Å². The van der Waals surface area contributed by atoms with Crippen LogP contribution < -0.4 is 4.74 Å². The van der Waals surface area contributed by atoms with Gasteiger partial charge in [-0.3, -0.25) is 0 Å². The van der Waals surface area contributed by atoms with Gasteiger partial charge in [0.25, 0.3) is 0 Å². The molecular weight excluding hydrogens is 616 g/mol. The smallest absolute Gasteiger partial charge is 0.148 e. The molecule has 0 spiro atoms. The molecule has 0 aromatic heterocycles. The lowest BCUT2D eigenvalue weighted by molar-refractivity contribution is 0.302. The van der Waals surface area contributed by atoms with Gasteiger partial charge in [-0.25, -0.2) is 0 Å². The minimum Gasteiger partial charge on any atom is -0.486 e. The van der Waals surface area contributed by atoms with E-state index in [4.69, 9.17) is 16.3 Å². The van der Waals surface area contributed by atoms with Crippen LogP contribution in [-0.2, 0) is 6.61 Å². The van der Waals surface area contributed by atoms with Gasteiger partial charge in [-0.15, -0.1) is 0 Å². The summed E-state index contributed by atoms with van der Waals surface area (Å²) >= 11 is 15.6. The van der Waals surface area contributed by atoms with Crippen LogP contribution in [0.15, 0.2) is 69.6 Å².